The van der Waals surface area contributed by atoms with E-state index in [0.29, 0.717) is 22.2 Å². The maximum atomic E-state index is 13.2. The Labute approximate surface area is 118 Å². The molecule has 2 aromatic rings. The third kappa shape index (κ3) is 2.77. The van der Waals surface area contributed by atoms with Crippen molar-refractivity contribution in [3.8, 4) is 0 Å². The Morgan fingerprint density at radius 2 is 1.67 bits per heavy atom. The molecular formula is C11H7Cl3FN3. The molecule has 0 fully saturated rings. The molecule has 3 nitrogen and oxygen atoms in total. The van der Waals surface area contributed by atoms with Crippen LogP contribution in [0.4, 0.5) is 21.6 Å². The van der Waals surface area contributed by atoms with Gasteiger partial charge in [0.15, 0.2) is 5.82 Å². The van der Waals surface area contributed by atoms with Gasteiger partial charge in [0, 0.05) is 5.69 Å². The van der Waals surface area contributed by atoms with E-state index in [9.17, 15) is 4.39 Å². The standard InChI is InChI=1S/C11H7Cl3FN3/c12-7-2-6(3-8(13)10(7)15)18-11-9(14)1-5(16)4-17-11/h1-4H,16H2,(H,17,18). The fourth-order valence-corrected chi connectivity index (χ4v) is 2.02. The van der Waals surface area contributed by atoms with Gasteiger partial charge in [-0.05, 0) is 18.2 Å². The van der Waals surface area contributed by atoms with Crippen molar-refractivity contribution in [2.24, 2.45) is 0 Å². The molecule has 0 bridgehead atoms. The lowest BCUT2D eigenvalue weighted by atomic mass is 10.3. The SMILES string of the molecule is Nc1cnc(Nc2cc(Cl)c(F)c(Cl)c2)c(Cl)c1. The maximum Gasteiger partial charge on any atom is 0.160 e. The fraction of sp³-hybridized carbons (Fsp3) is 0. The van der Waals surface area contributed by atoms with E-state index in [1.54, 1.807) is 6.07 Å². The largest absolute Gasteiger partial charge is 0.397 e. The average Bonchev–Trinajstić information content (AvgIpc) is 2.29. The number of hydrogen-bond donors (Lipinski definition) is 2. The Bertz CT molecular complexity index is 581. The molecule has 0 radical (unpaired) electrons. The Hall–Kier alpha value is -1.23. The molecule has 7 heteroatoms. The van der Waals surface area contributed by atoms with E-state index < -0.39 is 5.82 Å². The molecule has 3 N–H and O–H groups in total. The lowest BCUT2D eigenvalue weighted by molar-refractivity contribution is 0.629. The Kier molecular flexibility index (Phi) is 3.80. The van der Waals surface area contributed by atoms with E-state index in [0.717, 1.165) is 0 Å². The summed E-state index contributed by atoms with van der Waals surface area (Å²) < 4.78 is 13.2. The number of halogens is 4. The molecule has 0 aliphatic heterocycles. The number of nitrogen functional groups attached to an aromatic ring is 1. The minimum absolute atomic E-state index is 0.0865. The molecular weight excluding hydrogens is 299 g/mol. The molecule has 0 unspecified atom stereocenters. The molecule has 0 saturated heterocycles. The van der Waals surface area contributed by atoms with E-state index in [4.69, 9.17) is 40.5 Å². The van der Waals surface area contributed by atoms with Crippen LogP contribution in [-0.2, 0) is 0 Å². The number of rotatable bonds is 2. The second-order valence-electron chi connectivity index (χ2n) is 3.48. The van der Waals surface area contributed by atoms with E-state index in [2.05, 4.69) is 10.3 Å². The third-order valence-corrected chi connectivity index (χ3v) is 2.95. The van der Waals surface area contributed by atoms with Crippen LogP contribution in [-0.4, -0.2) is 4.98 Å². The predicted octanol–water partition coefficient (Wildman–Crippen LogP) is 4.51. The summed E-state index contributed by atoms with van der Waals surface area (Å²) in [4.78, 5) is 4.01. The molecule has 0 aliphatic rings. The second kappa shape index (κ2) is 5.18. The van der Waals surface area contributed by atoms with Crippen molar-refractivity contribution in [3.63, 3.8) is 0 Å². The Balaban J connectivity index is 2.34. The molecule has 0 amide bonds. The topological polar surface area (TPSA) is 50.9 Å². The summed E-state index contributed by atoms with van der Waals surface area (Å²) in [6.45, 7) is 0. The van der Waals surface area contributed by atoms with E-state index in [-0.39, 0.29) is 10.0 Å². The first-order valence-electron chi connectivity index (χ1n) is 4.80. The first-order chi connectivity index (χ1) is 8.47. The minimum Gasteiger partial charge on any atom is -0.397 e. The summed E-state index contributed by atoms with van der Waals surface area (Å²) in [5, 5.41) is 3.04. The van der Waals surface area contributed by atoms with Gasteiger partial charge in [-0.2, -0.15) is 0 Å². The Morgan fingerprint density at radius 3 is 2.22 bits per heavy atom. The van der Waals surface area contributed by atoms with Gasteiger partial charge < -0.3 is 11.1 Å². The van der Waals surface area contributed by atoms with Gasteiger partial charge in [-0.25, -0.2) is 9.37 Å². The zero-order chi connectivity index (χ0) is 13.3. The van der Waals surface area contributed by atoms with Gasteiger partial charge >= 0.3 is 0 Å². The number of nitrogens with zero attached hydrogens (tertiary/aromatic N) is 1. The van der Waals surface area contributed by atoms with Crippen molar-refractivity contribution in [1.82, 2.24) is 4.98 Å². The van der Waals surface area contributed by atoms with Crippen LogP contribution in [0.5, 0.6) is 0 Å². The van der Waals surface area contributed by atoms with Gasteiger partial charge in [0.2, 0.25) is 0 Å². The predicted molar refractivity (Wildman–Crippen MR) is 73.4 cm³/mol. The summed E-state index contributed by atoms with van der Waals surface area (Å²) in [6, 6.07) is 4.32. The molecule has 18 heavy (non-hydrogen) atoms. The lowest BCUT2D eigenvalue weighted by Gasteiger charge is -2.09. The molecule has 94 valence electrons. The van der Waals surface area contributed by atoms with Crippen molar-refractivity contribution in [1.29, 1.82) is 0 Å². The van der Waals surface area contributed by atoms with Crippen LogP contribution in [0.25, 0.3) is 0 Å². The summed E-state index contributed by atoms with van der Waals surface area (Å²) in [7, 11) is 0. The van der Waals surface area contributed by atoms with Gasteiger partial charge in [-0.1, -0.05) is 34.8 Å². The second-order valence-corrected chi connectivity index (χ2v) is 4.70. The number of aromatic nitrogens is 1. The fourth-order valence-electron chi connectivity index (χ4n) is 1.31. The van der Waals surface area contributed by atoms with Crippen molar-refractivity contribution >= 4 is 52.0 Å². The molecule has 1 heterocycles. The number of pyridine rings is 1. The highest BCUT2D eigenvalue weighted by atomic mass is 35.5. The maximum absolute atomic E-state index is 13.2. The van der Waals surface area contributed by atoms with Crippen molar-refractivity contribution < 1.29 is 4.39 Å². The van der Waals surface area contributed by atoms with Gasteiger partial charge in [0.05, 0.1) is 27.0 Å². The molecule has 0 aliphatic carbocycles. The molecule has 2 rings (SSSR count). The van der Waals surface area contributed by atoms with E-state index in [1.807, 2.05) is 0 Å². The van der Waals surface area contributed by atoms with Crippen LogP contribution in [0.3, 0.4) is 0 Å². The van der Waals surface area contributed by atoms with Gasteiger partial charge in [-0.3, -0.25) is 0 Å². The monoisotopic (exact) mass is 305 g/mol. The van der Waals surface area contributed by atoms with Crippen LogP contribution in [0.1, 0.15) is 0 Å². The van der Waals surface area contributed by atoms with Crippen LogP contribution < -0.4 is 11.1 Å². The number of nitrogens with two attached hydrogens (primary N) is 1. The third-order valence-electron chi connectivity index (χ3n) is 2.11. The summed E-state index contributed by atoms with van der Waals surface area (Å²) >= 11 is 17.3. The highest BCUT2D eigenvalue weighted by molar-refractivity contribution is 6.35. The zero-order valence-corrected chi connectivity index (χ0v) is 11.1. The lowest BCUT2D eigenvalue weighted by Crippen LogP contribution is -1.97. The molecule has 1 aromatic heterocycles. The van der Waals surface area contributed by atoms with Gasteiger partial charge in [0.1, 0.15) is 5.82 Å². The van der Waals surface area contributed by atoms with Crippen LogP contribution >= 0.6 is 34.8 Å². The quantitative estimate of drug-likeness (QED) is 0.803. The number of hydrogen-bond acceptors (Lipinski definition) is 3. The molecule has 0 saturated carbocycles. The first kappa shape index (κ1) is 13.2. The zero-order valence-electron chi connectivity index (χ0n) is 8.85. The van der Waals surface area contributed by atoms with Crippen molar-refractivity contribution in [2.45, 2.75) is 0 Å². The minimum atomic E-state index is -0.666. The number of benzene rings is 1. The first-order valence-corrected chi connectivity index (χ1v) is 5.93. The van der Waals surface area contributed by atoms with E-state index in [1.165, 1.54) is 18.3 Å². The van der Waals surface area contributed by atoms with Gasteiger partial charge in [0.25, 0.3) is 0 Å². The summed E-state index contributed by atoms with van der Waals surface area (Å²) in [5.74, 6) is -0.287. The highest BCUT2D eigenvalue weighted by Gasteiger charge is 2.09. The van der Waals surface area contributed by atoms with Crippen LogP contribution in [0.15, 0.2) is 24.4 Å². The van der Waals surface area contributed by atoms with Crippen LogP contribution in [0, 0.1) is 5.82 Å². The van der Waals surface area contributed by atoms with Crippen molar-refractivity contribution in [3.05, 3.63) is 45.3 Å². The van der Waals surface area contributed by atoms with E-state index >= 15 is 0 Å². The molecule has 0 atom stereocenters. The summed E-state index contributed by atoms with van der Waals surface area (Å²) in [6.07, 6.45) is 1.45. The summed E-state index contributed by atoms with van der Waals surface area (Å²) in [5.41, 5.74) is 6.44. The normalized spacial score (nSPS) is 10.4. The molecule has 1 aromatic carbocycles. The van der Waals surface area contributed by atoms with Gasteiger partial charge in [-0.15, -0.1) is 0 Å². The smallest absolute Gasteiger partial charge is 0.160 e. The Morgan fingerprint density at radius 1 is 1.06 bits per heavy atom. The highest BCUT2D eigenvalue weighted by Crippen LogP contribution is 2.30. The number of nitrogens with one attached hydrogen (secondary N) is 1. The van der Waals surface area contributed by atoms with Crippen molar-refractivity contribution in [2.75, 3.05) is 11.1 Å². The molecule has 0 spiro atoms. The average molecular weight is 307 g/mol. The van der Waals surface area contributed by atoms with Crippen LogP contribution in [0.2, 0.25) is 15.1 Å². The number of anilines is 3.